The minimum Gasteiger partial charge on any atom is -0.384 e. The monoisotopic (exact) mass is 218 g/mol. The summed E-state index contributed by atoms with van der Waals surface area (Å²) in [5, 5.41) is 9.21. The van der Waals surface area contributed by atoms with Crippen LogP contribution >= 0.6 is 0 Å². The van der Waals surface area contributed by atoms with Gasteiger partial charge < -0.3 is 5.11 Å². The molecule has 0 unspecified atom stereocenters. The van der Waals surface area contributed by atoms with E-state index in [1.165, 1.54) is 0 Å². The Morgan fingerprint density at radius 2 is 1.57 bits per heavy atom. The lowest BCUT2D eigenvalue weighted by Crippen LogP contribution is -2.43. The van der Waals surface area contributed by atoms with Gasteiger partial charge in [-0.2, -0.15) is 13.2 Å². The van der Waals surface area contributed by atoms with E-state index in [1.807, 2.05) is 0 Å². The van der Waals surface area contributed by atoms with E-state index in [2.05, 4.69) is 0 Å². The second kappa shape index (κ2) is 3.64. The highest BCUT2D eigenvalue weighted by Crippen LogP contribution is 2.42. The Balaban J connectivity index is 2.54. The molecule has 1 aliphatic rings. The fourth-order valence-corrected chi connectivity index (χ4v) is 1.66. The number of hydrogen-bond acceptors (Lipinski definition) is 1. The van der Waals surface area contributed by atoms with Crippen LogP contribution in [0.2, 0.25) is 0 Å². The topological polar surface area (TPSA) is 20.2 Å². The first-order chi connectivity index (χ1) is 6.26. The first-order valence-electron chi connectivity index (χ1n) is 4.33. The number of rotatable bonds is 1. The van der Waals surface area contributed by atoms with Crippen LogP contribution in [0.4, 0.5) is 22.0 Å². The highest BCUT2D eigenvalue weighted by atomic mass is 19.4. The van der Waals surface area contributed by atoms with Gasteiger partial charge in [-0.15, -0.1) is 0 Å². The summed E-state index contributed by atoms with van der Waals surface area (Å²) in [4.78, 5) is 0. The van der Waals surface area contributed by atoms with E-state index >= 15 is 0 Å². The van der Waals surface area contributed by atoms with Crippen molar-refractivity contribution in [2.24, 2.45) is 5.92 Å². The Kier molecular flexibility index (Phi) is 3.04. The van der Waals surface area contributed by atoms with Gasteiger partial charge in [0.15, 0.2) is 0 Å². The lowest BCUT2D eigenvalue weighted by molar-refractivity contribution is -0.203. The minimum absolute atomic E-state index is 0.412. The third kappa shape index (κ3) is 2.34. The molecule has 84 valence electrons. The first kappa shape index (κ1) is 11.7. The minimum atomic E-state index is -4.33. The Morgan fingerprint density at radius 3 is 1.86 bits per heavy atom. The second-order valence-electron chi connectivity index (χ2n) is 3.72. The average Bonchev–Trinajstić information content (AvgIpc) is 2.03. The average molecular weight is 218 g/mol. The van der Waals surface area contributed by atoms with Gasteiger partial charge in [0, 0.05) is 0 Å². The molecule has 0 radical (unpaired) electrons. The molecule has 1 saturated carbocycles. The fraction of sp³-hybridized carbons (Fsp3) is 1.00. The zero-order valence-electron chi connectivity index (χ0n) is 7.32. The number of hydrogen-bond donors (Lipinski definition) is 1. The van der Waals surface area contributed by atoms with E-state index in [-0.39, 0.29) is 0 Å². The molecule has 6 heteroatoms. The van der Waals surface area contributed by atoms with Crippen LogP contribution in [0, 0.1) is 5.92 Å². The van der Waals surface area contributed by atoms with Crippen LogP contribution in [0.1, 0.15) is 25.7 Å². The quantitative estimate of drug-likeness (QED) is 0.671. The Morgan fingerprint density at radius 1 is 1.14 bits per heavy atom. The van der Waals surface area contributed by atoms with Crippen LogP contribution in [0.3, 0.4) is 0 Å². The van der Waals surface area contributed by atoms with E-state index in [4.69, 9.17) is 0 Å². The summed E-state index contributed by atoms with van der Waals surface area (Å²) >= 11 is 0. The predicted octanol–water partition coefficient (Wildman–Crippen LogP) is 2.74. The molecule has 1 aliphatic carbocycles. The SMILES string of the molecule is OC1(C(F)F)CCC(C(F)(F)F)CC1. The summed E-state index contributed by atoms with van der Waals surface area (Å²) < 4.78 is 60.8. The van der Waals surface area contributed by atoms with Crippen molar-refractivity contribution < 1.29 is 27.1 Å². The van der Waals surface area contributed by atoms with Crippen molar-refractivity contribution >= 4 is 0 Å². The highest BCUT2D eigenvalue weighted by Gasteiger charge is 2.48. The zero-order valence-corrected chi connectivity index (χ0v) is 7.32. The van der Waals surface area contributed by atoms with Crippen LogP contribution in [-0.4, -0.2) is 23.3 Å². The molecule has 0 aromatic carbocycles. The molecule has 0 saturated heterocycles. The fourth-order valence-electron chi connectivity index (χ4n) is 1.66. The van der Waals surface area contributed by atoms with Crippen LogP contribution < -0.4 is 0 Å². The molecule has 0 aromatic rings. The summed E-state index contributed by atoms with van der Waals surface area (Å²) in [5.74, 6) is -1.54. The molecular formula is C8H11F5O. The lowest BCUT2D eigenvalue weighted by atomic mass is 9.79. The van der Waals surface area contributed by atoms with Crippen molar-refractivity contribution in [3.05, 3.63) is 0 Å². The van der Waals surface area contributed by atoms with Gasteiger partial charge in [-0.1, -0.05) is 0 Å². The second-order valence-corrected chi connectivity index (χ2v) is 3.72. The van der Waals surface area contributed by atoms with E-state index in [0.29, 0.717) is 0 Å². The molecule has 1 N–H and O–H groups in total. The predicted molar refractivity (Wildman–Crippen MR) is 39.0 cm³/mol. The van der Waals surface area contributed by atoms with Crippen LogP contribution in [0.25, 0.3) is 0 Å². The van der Waals surface area contributed by atoms with Crippen molar-refractivity contribution in [2.75, 3.05) is 0 Å². The van der Waals surface area contributed by atoms with Gasteiger partial charge in [-0.25, -0.2) is 8.78 Å². The smallest absolute Gasteiger partial charge is 0.384 e. The Labute approximate surface area is 77.9 Å². The van der Waals surface area contributed by atoms with Gasteiger partial charge >= 0.3 is 6.18 Å². The van der Waals surface area contributed by atoms with E-state index in [1.54, 1.807) is 0 Å². The van der Waals surface area contributed by atoms with E-state index in [9.17, 15) is 27.1 Å². The van der Waals surface area contributed by atoms with Gasteiger partial charge in [0.2, 0.25) is 0 Å². The lowest BCUT2D eigenvalue weighted by Gasteiger charge is -2.35. The molecule has 1 fully saturated rings. The molecule has 0 heterocycles. The largest absolute Gasteiger partial charge is 0.391 e. The zero-order chi connectivity index (χ0) is 11.0. The van der Waals surface area contributed by atoms with Crippen LogP contribution in [0.5, 0.6) is 0 Å². The molecule has 0 aromatic heterocycles. The van der Waals surface area contributed by atoms with Gasteiger partial charge in [0.1, 0.15) is 5.60 Å². The molecular weight excluding hydrogens is 207 g/mol. The molecule has 0 atom stereocenters. The Bertz CT molecular complexity index is 192. The van der Waals surface area contributed by atoms with Gasteiger partial charge in [-0.05, 0) is 25.7 Å². The van der Waals surface area contributed by atoms with Crippen LogP contribution in [0.15, 0.2) is 0 Å². The summed E-state index contributed by atoms with van der Waals surface area (Å²) in [5.41, 5.74) is -2.21. The molecule has 0 amide bonds. The summed E-state index contributed by atoms with van der Waals surface area (Å²) in [7, 11) is 0. The summed E-state index contributed by atoms with van der Waals surface area (Å²) in [6.45, 7) is 0. The molecule has 0 bridgehead atoms. The summed E-state index contributed by atoms with van der Waals surface area (Å²) in [6, 6.07) is 0. The first-order valence-corrected chi connectivity index (χ1v) is 4.33. The van der Waals surface area contributed by atoms with Gasteiger partial charge in [0.05, 0.1) is 5.92 Å². The van der Waals surface area contributed by atoms with E-state index in [0.717, 1.165) is 0 Å². The summed E-state index contributed by atoms with van der Waals surface area (Å²) in [6.07, 6.45) is -9.07. The number of aliphatic hydroxyl groups is 1. The van der Waals surface area contributed by atoms with Crippen molar-refractivity contribution in [3.63, 3.8) is 0 Å². The third-order valence-electron chi connectivity index (χ3n) is 2.72. The van der Waals surface area contributed by atoms with Crippen molar-refractivity contribution in [1.82, 2.24) is 0 Å². The van der Waals surface area contributed by atoms with Crippen molar-refractivity contribution in [2.45, 2.75) is 43.9 Å². The Hall–Kier alpha value is -0.390. The van der Waals surface area contributed by atoms with Crippen LogP contribution in [-0.2, 0) is 0 Å². The number of alkyl halides is 5. The maximum atomic E-state index is 12.2. The van der Waals surface area contributed by atoms with Gasteiger partial charge in [-0.3, -0.25) is 0 Å². The third-order valence-corrected chi connectivity index (χ3v) is 2.72. The normalized spacial score (nSPS) is 34.9. The molecule has 14 heavy (non-hydrogen) atoms. The van der Waals surface area contributed by atoms with Gasteiger partial charge in [0.25, 0.3) is 6.43 Å². The number of halogens is 5. The molecule has 0 spiro atoms. The van der Waals surface area contributed by atoms with E-state index < -0.39 is 49.8 Å². The highest BCUT2D eigenvalue weighted by molar-refractivity contribution is 4.89. The standard InChI is InChI=1S/C8H11F5O/c9-6(10)7(14)3-1-5(2-4-7)8(11,12)13/h5-6,14H,1-4H2. The molecule has 1 rings (SSSR count). The maximum Gasteiger partial charge on any atom is 0.391 e. The van der Waals surface area contributed by atoms with Crippen molar-refractivity contribution in [3.8, 4) is 0 Å². The molecule has 0 aliphatic heterocycles. The molecule has 1 nitrogen and oxygen atoms in total. The van der Waals surface area contributed by atoms with Crippen molar-refractivity contribution in [1.29, 1.82) is 0 Å². The maximum absolute atomic E-state index is 12.2.